The lowest BCUT2D eigenvalue weighted by atomic mass is 9.89. The van der Waals surface area contributed by atoms with Crippen LogP contribution >= 0.6 is 0 Å². The molecule has 30 heavy (non-hydrogen) atoms. The summed E-state index contributed by atoms with van der Waals surface area (Å²) in [5, 5.41) is 6.02. The molecule has 160 valence electrons. The first-order valence-electron chi connectivity index (χ1n) is 10.9. The Kier molecular flexibility index (Phi) is 7.14. The Bertz CT molecular complexity index is 909. The fourth-order valence-electron chi connectivity index (χ4n) is 4.30. The van der Waals surface area contributed by atoms with Crippen LogP contribution in [0.1, 0.15) is 71.3 Å². The summed E-state index contributed by atoms with van der Waals surface area (Å²) in [7, 11) is 0. The number of carbonyl (C=O) groups is 2. The topological polar surface area (TPSA) is 61.4 Å². The Hall–Kier alpha value is -2.82. The summed E-state index contributed by atoms with van der Waals surface area (Å²) in [6, 6.07) is 14.1. The van der Waals surface area contributed by atoms with Crippen molar-refractivity contribution in [3.05, 3.63) is 70.3 Å². The molecule has 0 bridgehead atoms. The van der Waals surface area contributed by atoms with Crippen molar-refractivity contribution in [1.82, 2.24) is 15.5 Å². The number of nitrogens with one attached hydrogen (secondary N) is 2. The maximum absolute atomic E-state index is 12.9. The molecule has 2 N–H and O–H groups in total. The molecule has 1 heterocycles. The molecular weight excluding hydrogens is 374 g/mol. The van der Waals surface area contributed by atoms with Crippen LogP contribution < -0.4 is 10.6 Å². The summed E-state index contributed by atoms with van der Waals surface area (Å²) < 4.78 is 0. The van der Waals surface area contributed by atoms with Crippen LogP contribution in [0, 0.1) is 13.8 Å². The van der Waals surface area contributed by atoms with Crippen molar-refractivity contribution in [2.24, 2.45) is 0 Å². The van der Waals surface area contributed by atoms with Gasteiger partial charge in [0.15, 0.2) is 0 Å². The van der Waals surface area contributed by atoms with Crippen molar-refractivity contribution < 1.29 is 9.59 Å². The number of aryl methyl sites for hydroxylation is 2. The number of piperidine rings is 1. The van der Waals surface area contributed by atoms with Crippen molar-refractivity contribution in [1.29, 1.82) is 0 Å². The molecule has 2 aromatic carbocycles. The summed E-state index contributed by atoms with van der Waals surface area (Å²) >= 11 is 0. The minimum atomic E-state index is -0.0688. The van der Waals surface area contributed by atoms with Gasteiger partial charge in [-0.2, -0.15) is 0 Å². The van der Waals surface area contributed by atoms with Crippen molar-refractivity contribution in [2.45, 2.75) is 52.5 Å². The molecule has 1 aliphatic rings. The molecule has 5 nitrogen and oxygen atoms in total. The van der Waals surface area contributed by atoms with E-state index in [-0.39, 0.29) is 23.9 Å². The zero-order chi connectivity index (χ0) is 21.7. The van der Waals surface area contributed by atoms with Crippen molar-refractivity contribution >= 4 is 11.9 Å². The van der Waals surface area contributed by atoms with E-state index in [2.05, 4.69) is 48.7 Å². The molecular formula is C25H33N3O2. The second-order valence-electron chi connectivity index (χ2n) is 8.30. The molecule has 1 fully saturated rings. The number of benzene rings is 2. The van der Waals surface area contributed by atoms with Crippen LogP contribution in [-0.4, -0.2) is 36.5 Å². The van der Waals surface area contributed by atoms with Crippen LogP contribution in [0.5, 0.6) is 0 Å². The Morgan fingerprint density at radius 3 is 2.70 bits per heavy atom. The van der Waals surface area contributed by atoms with Gasteiger partial charge < -0.3 is 15.5 Å². The minimum absolute atomic E-state index is 0.00149. The van der Waals surface area contributed by atoms with Gasteiger partial charge in [0.1, 0.15) is 0 Å². The van der Waals surface area contributed by atoms with Crippen LogP contribution in [0.15, 0.2) is 42.5 Å². The average Bonchev–Trinajstić information content (AvgIpc) is 2.74. The van der Waals surface area contributed by atoms with E-state index in [1.54, 1.807) is 0 Å². The van der Waals surface area contributed by atoms with Gasteiger partial charge in [-0.25, -0.2) is 4.79 Å². The molecule has 0 spiro atoms. The van der Waals surface area contributed by atoms with E-state index in [0.717, 1.165) is 30.5 Å². The van der Waals surface area contributed by atoms with Gasteiger partial charge in [-0.3, -0.25) is 4.79 Å². The number of hydrogen-bond donors (Lipinski definition) is 2. The van der Waals surface area contributed by atoms with E-state index >= 15 is 0 Å². The Balaban J connectivity index is 1.70. The van der Waals surface area contributed by atoms with E-state index < -0.39 is 0 Å². The number of hydrogen-bond acceptors (Lipinski definition) is 2. The molecule has 5 heteroatoms. The highest BCUT2D eigenvalue weighted by molar-refractivity contribution is 5.94. The van der Waals surface area contributed by atoms with Gasteiger partial charge in [-0.1, -0.05) is 35.9 Å². The Morgan fingerprint density at radius 1 is 1.17 bits per heavy atom. The summed E-state index contributed by atoms with van der Waals surface area (Å²) in [6.07, 6.45) is 2.00. The maximum Gasteiger partial charge on any atom is 0.317 e. The second-order valence-corrected chi connectivity index (χ2v) is 8.30. The van der Waals surface area contributed by atoms with Crippen LogP contribution in [0.2, 0.25) is 0 Å². The zero-order valence-electron chi connectivity index (χ0n) is 18.5. The van der Waals surface area contributed by atoms with Crippen LogP contribution in [0.4, 0.5) is 4.79 Å². The molecule has 0 saturated carbocycles. The predicted molar refractivity (Wildman–Crippen MR) is 121 cm³/mol. The lowest BCUT2D eigenvalue weighted by Gasteiger charge is -2.33. The number of urea groups is 1. The van der Waals surface area contributed by atoms with E-state index in [4.69, 9.17) is 0 Å². The number of likely N-dealkylation sites (tertiary alicyclic amines) is 1. The van der Waals surface area contributed by atoms with Gasteiger partial charge in [0.2, 0.25) is 0 Å². The first kappa shape index (κ1) is 21.9. The monoisotopic (exact) mass is 407 g/mol. The smallest absolute Gasteiger partial charge is 0.317 e. The largest absolute Gasteiger partial charge is 0.346 e. The fourth-order valence-corrected chi connectivity index (χ4v) is 4.30. The first-order chi connectivity index (χ1) is 14.4. The van der Waals surface area contributed by atoms with Gasteiger partial charge in [-0.15, -0.1) is 0 Å². The highest BCUT2D eigenvalue weighted by Gasteiger charge is 2.25. The van der Waals surface area contributed by atoms with Crippen LogP contribution in [-0.2, 0) is 0 Å². The van der Waals surface area contributed by atoms with Gasteiger partial charge >= 0.3 is 6.03 Å². The minimum Gasteiger partial charge on any atom is -0.346 e. The van der Waals surface area contributed by atoms with E-state index in [9.17, 15) is 9.59 Å². The molecule has 3 rings (SSSR count). The quantitative estimate of drug-likeness (QED) is 0.754. The summed E-state index contributed by atoms with van der Waals surface area (Å²) in [4.78, 5) is 27.0. The molecule has 3 amide bonds. The fraction of sp³-hybridized carbons (Fsp3) is 0.440. The molecule has 1 aliphatic heterocycles. The number of rotatable bonds is 5. The SMILES string of the molecule is CCNC(=O)N1CCC[C@@H](c2cccc(C(=O)N[C@@H](C)c3ccc(C)cc3C)c2)C1. The maximum atomic E-state index is 12.9. The van der Waals surface area contributed by atoms with Crippen molar-refractivity contribution in [3.63, 3.8) is 0 Å². The molecule has 0 aliphatic carbocycles. The first-order valence-corrected chi connectivity index (χ1v) is 10.9. The van der Waals surface area contributed by atoms with Gasteiger partial charge in [-0.05, 0) is 69.4 Å². The highest BCUT2D eigenvalue weighted by Crippen LogP contribution is 2.28. The summed E-state index contributed by atoms with van der Waals surface area (Å²) in [5.41, 5.74) is 5.32. The van der Waals surface area contributed by atoms with E-state index in [0.29, 0.717) is 18.7 Å². The third kappa shape index (κ3) is 5.21. The van der Waals surface area contributed by atoms with Gasteiger partial charge in [0, 0.05) is 31.1 Å². The molecule has 2 aromatic rings. The van der Waals surface area contributed by atoms with Crippen molar-refractivity contribution in [2.75, 3.05) is 19.6 Å². The van der Waals surface area contributed by atoms with Gasteiger partial charge in [0.05, 0.1) is 6.04 Å². The summed E-state index contributed by atoms with van der Waals surface area (Å²) in [5.74, 6) is 0.187. The number of amides is 3. The third-order valence-corrected chi connectivity index (χ3v) is 5.90. The Labute approximate surface area is 179 Å². The highest BCUT2D eigenvalue weighted by atomic mass is 16.2. The zero-order valence-corrected chi connectivity index (χ0v) is 18.5. The molecule has 0 unspecified atom stereocenters. The van der Waals surface area contributed by atoms with Crippen molar-refractivity contribution in [3.8, 4) is 0 Å². The molecule has 0 radical (unpaired) electrons. The summed E-state index contributed by atoms with van der Waals surface area (Å²) in [6.45, 7) is 10.2. The van der Waals surface area contributed by atoms with E-state index in [1.807, 2.05) is 36.9 Å². The number of carbonyl (C=O) groups excluding carboxylic acids is 2. The van der Waals surface area contributed by atoms with Crippen LogP contribution in [0.25, 0.3) is 0 Å². The van der Waals surface area contributed by atoms with E-state index in [1.165, 1.54) is 11.1 Å². The lowest BCUT2D eigenvalue weighted by molar-refractivity contribution is 0.0939. The molecule has 0 aromatic heterocycles. The average molecular weight is 408 g/mol. The predicted octanol–water partition coefficient (Wildman–Crippen LogP) is 4.70. The molecule has 2 atom stereocenters. The standard InChI is InChI=1S/C25H33N3O2/c1-5-26-25(30)28-13-7-10-22(16-28)20-8-6-9-21(15-20)24(29)27-19(4)23-12-11-17(2)14-18(23)3/h6,8-9,11-12,14-15,19,22H,5,7,10,13,16H2,1-4H3,(H,26,30)(H,27,29)/t19-,22+/m0/s1. The van der Waals surface area contributed by atoms with Gasteiger partial charge in [0.25, 0.3) is 5.91 Å². The molecule has 1 saturated heterocycles. The normalized spacial score (nSPS) is 17.3. The Morgan fingerprint density at radius 2 is 1.97 bits per heavy atom. The second kappa shape index (κ2) is 9.79. The van der Waals surface area contributed by atoms with Crippen LogP contribution in [0.3, 0.4) is 0 Å². The lowest BCUT2D eigenvalue weighted by Crippen LogP contribution is -2.44. The number of nitrogens with zero attached hydrogens (tertiary/aromatic N) is 1. The third-order valence-electron chi connectivity index (χ3n) is 5.90.